The Balaban J connectivity index is 1.80. The average molecular weight is 394 g/mol. The second kappa shape index (κ2) is 8.23. The summed E-state index contributed by atoms with van der Waals surface area (Å²) in [5.74, 6) is -1.90. The molecule has 1 fully saturated rings. The molecule has 2 aromatic rings. The molecule has 0 aromatic heterocycles. The Hall–Kier alpha value is -2.18. The van der Waals surface area contributed by atoms with E-state index in [4.69, 9.17) is 11.6 Å². The molecule has 1 aliphatic rings. The maximum absolute atomic E-state index is 14.1. The quantitative estimate of drug-likeness (QED) is 0.836. The molecule has 0 saturated carbocycles. The zero-order valence-corrected chi connectivity index (χ0v) is 16.1. The molecule has 1 saturated heterocycles. The van der Waals surface area contributed by atoms with Crippen LogP contribution in [0, 0.1) is 11.6 Å². The SMILES string of the molecule is CN1CCC(N(C)c2cc(F)cc(NC(=O)c3c(F)cccc3Cl)c2)CC1. The Kier molecular flexibility index (Phi) is 5.97. The van der Waals surface area contributed by atoms with Crippen molar-refractivity contribution in [2.45, 2.75) is 18.9 Å². The van der Waals surface area contributed by atoms with Gasteiger partial charge in [0, 0.05) is 24.5 Å². The van der Waals surface area contributed by atoms with Gasteiger partial charge in [-0.2, -0.15) is 0 Å². The minimum absolute atomic E-state index is 0.00701. The number of rotatable bonds is 4. The molecular weight excluding hydrogens is 372 g/mol. The molecule has 0 spiro atoms. The third-order valence-corrected chi connectivity index (χ3v) is 5.29. The summed E-state index contributed by atoms with van der Waals surface area (Å²) < 4.78 is 28.1. The number of likely N-dealkylation sites (tertiary alicyclic amines) is 1. The molecule has 3 rings (SSSR count). The van der Waals surface area contributed by atoms with E-state index in [0.29, 0.717) is 11.7 Å². The number of halogens is 3. The number of piperidine rings is 1. The van der Waals surface area contributed by atoms with E-state index in [1.165, 1.54) is 24.3 Å². The van der Waals surface area contributed by atoms with Gasteiger partial charge in [0.2, 0.25) is 0 Å². The van der Waals surface area contributed by atoms with Crippen molar-refractivity contribution in [1.29, 1.82) is 0 Å². The number of nitrogens with one attached hydrogen (secondary N) is 1. The van der Waals surface area contributed by atoms with Crippen LogP contribution in [0.25, 0.3) is 0 Å². The molecule has 4 nitrogen and oxygen atoms in total. The van der Waals surface area contributed by atoms with Crippen molar-refractivity contribution in [3.8, 4) is 0 Å². The fraction of sp³-hybridized carbons (Fsp3) is 0.350. The second-order valence-electron chi connectivity index (χ2n) is 6.89. The van der Waals surface area contributed by atoms with Crippen molar-refractivity contribution >= 4 is 28.9 Å². The van der Waals surface area contributed by atoms with Crippen LogP contribution in [0.3, 0.4) is 0 Å². The summed E-state index contributed by atoms with van der Waals surface area (Å²) in [5, 5.41) is 2.55. The normalized spacial score (nSPS) is 15.6. The molecule has 27 heavy (non-hydrogen) atoms. The van der Waals surface area contributed by atoms with Crippen LogP contribution in [-0.4, -0.2) is 44.0 Å². The van der Waals surface area contributed by atoms with Crippen molar-refractivity contribution in [2.75, 3.05) is 37.4 Å². The Labute approximate surface area is 162 Å². The highest BCUT2D eigenvalue weighted by atomic mass is 35.5. The summed E-state index contributed by atoms with van der Waals surface area (Å²) >= 11 is 5.93. The van der Waals surface area contributed by atoms with Gasteiger partial charge in [-0.1, -0.05) is 17.7 Å². The highest BCUT2D eigenvalue weighted by molar-refractivity contribution is 6.34. The van der Waals surface area contributed by atoms with Crippen LogP contribution in [-0.2, 0) is 0 Å². The summed E-state index contributed by atoms with van der Waals surface area (Å²) in [6.07, 6.45) is 1.96. The number of benzene rings is 2. The van der Waals surface area contributed by atoms with Crippen LogP contribution in [0.2, 0.25) is 5.02 Å². The summed E-state index contributed by atoms with van der Waals surface area (Å²) in [6.45, 7) is 1.97. The molecule has 0 unspecified atom stereocenters. The Morgan fingerprint density at radius 2 is 1.93 bits per heavy atom. The minimum atomic E-state index is -0.722. The molecule has 1 aliphatic heterocycles. The van der Waals surface area contributed by atoms with Gasteiger partial charge in [-0.05, 0) is 63.3 Å². The average Bonchev–Trinajstić information content (AvgIpc) is 2.61. The summed E-state index contributed by atoms with van der Waals surface area (Å²) in [4.78, 5) is 16.7. The number of hydrogen-bond acceptors (Lipinski definition) is 3. The number of nitrogens with zero attached hydrogens (tertiary/aromatic N) is 2. The Morgan fingerprint density at radius 3 is 2.59 bits per heavy atom. The van der Waals surface area contributed by atoms with Crippen molar-refractivity contribution in [1.82, 2.24) is 4.90 Å². The van der Waals surface area contributed by atoms with Gasteiger partial charge in [-0.15, -0.1) is 0 Å². The van der Waals surface area contributed by atoms with Gasteiger partial charge >= 0.3 is 0 Å². The minimum Gasteiger partial charge on any atom is -0.371 e. The highest BCUT2D eigenvalue weighted by Gasteiger charge is 2.22. The lowest BCUT2D eigenvalue weighted by atomic mass is 10.0. The second-order valence-corrected chi connectivity index (χ2v) is 7.30. The molecule has 7 heteroatoms. The van der Waals surface area contributed by atoms with E-state index in [-0.39, 0.29) is 16.3 Å². The molecule has 0 bridgehead atoms. The molecule has 0 aliphatic carbocycles. The lowest BCUT2D eigenvalue weighted by Gasteiger charge is -2.36. The van der Waals surface area contributed by atoms with Crippen molar-refractivity contribution in [3.63, 3.8) is 0 Å². The van der Waals surface area contributed by atoms with E-state index in [9.17, 15) is 13.6 Å². The van der Waals surface area contributed by atoms with Crippen molar-refractivity contribution < 1.29 is 13.6 Å². The maximum Gasteiger partial charge on any atom is 0.260 e. The summed E-state index contributed by atoms with van der Waals surface area (Å²) in [7, 11) is 4.00. The van der Waals surface area contributed by atoms with E-state index in [1.807, 2.05) is 11.9 Å². The standard InChI is InChI=1S/C20H22ClF2N3O/c1-25-8-6-15(7-9-25)26(2)16-11-13(22)10-14(12-16)24-20(27)19-17(21)4-3-5-18(19)23/h3-5,10-12,15H,6-9H2,1-2H3,(H,24,27). The van der Waals surface area contributed by atoms with Gasteiger partial charge in [0.1, 0.15) is 11.6 Å². The van der Waals surface area contributed by atoms with E-state index in [1.54, 1.807) is 6.07 Å². The number of carbonyl (C=O) groups excluding carboxylic acids is 1. The smallest absolute Gasteiger partial charge is 0.260 e. The first-order valence-corrected chi connectivity index (χ1v) is 9.20. The number of amides is 1. The van der Waals surface area contributed by atoms with E-state index in [2.05, 4.69) is 17.3 Å². The fourth-order valence-electron chi connectivity index (χ4n) is 3.35. The Morgan fingerprint density at radius 1 is 1.22 bits per heavy atom. The zero-order chi connectivity index (χ0) is 19.6. The molecule has 1 heterocycles. The van der Waals surface area contributed by atoms with Crippen LogP contribution >= 0.6 is 11.6 Å². The van der Waals surface area contributed by atoms with Gasteiger partial charge in [0.15, 0.2) is 0 Å². The molecule has 2 aromatic carbocycles. The topological polar surface area (TPSA) is 35.6 Å². The zero-order valence-electron chi connectivity index (χ0n) is 15.3. The lowest BCUT2D eigenvalue weighted by molar-refractivity contribution is 0.102. The van der Waals surface area contributed by atoms with E-state index < -0.39 is 17.5 Å². The van der Waals surface area contributed by atoms with Gasteiger partial charge < -0.3 is 15.1 Å². The van der Waals surface area contributed by atoms with Gasteiger partial charge in [-0.3, -0.25) is 4.79 Å². The number of anilines is 2. The summed E-state index contributed by atoms with van der Waals surface area (Å²) in [6, 6.07) is 8.64. The molecule has 1 N–H and O–H groups in total. The van der Waals surface area contributed by atoms with Crippen LogP contribution in [0.15, 0.2) is 36.4 Å². The number of hydrogen-bond donors (Lipinski definition) is 1. The van der Waals surface area contributed by atoms with Gasteiger partial charge in [-0.25, -0.2) is 8.78 Å². The Bertz CT molecular complexity index is 818. The molecular formula is C20H22ClF2N3O. The van der Waals surface area contributed by atoms with Gasteiger partial charge in [0.25, 0.3) is 5.91 Å². The van der Waals surface area contributed by atoms with Crippen LogP contribution in [0.5, 0.6) is 0 Å². The number of carbonyl (C=O) groups is 1. The lowest BCUT2D eigenvalue weighted by Crippen LogP contribution is -2.42. The predicted octanol–water partition coefficient (Wildman–Crippen LogP) is 4.40. The van der Waals surface area contributed by atoms with E-state index in [0.717, 1.165) is 32.0 Å². The van der Waals surface area contributed by atoms with Gasteiger partial charge in [0.05, 0.1) is 10.6 Å². The van der Waals surface area contributed by atoms with Crippen LogP contribution < -0.4 is 10.2 Å². The highest BCUT2D eigenvalue weighted by Crippen LogP contribution is 2.27. The summed E-state index contributed by atoms with van der Waals surface area (Å²) in [5.41, 5.74) is 0.669. The molecule has 1 amide bonds. The monoisotopic (exact) mass is 393 g/mol. The van der Waals surface area contributed by atoms with Crippen LogP contribution in [0.4, 0.5) is 20.2 Å². The first-order valence-electron chi connectivity index (χ1n) is 8.82. The van der Waals surface area contributed by atoms with Crippen molar-refractivity contribution in [3.05, 3.63) is 58.6 Å². The largest absolute Gasteiger partial charge is 0.371 e. The first kappa shape index (κ1) is 19.6. The molecule has 0 atom stereocenters. The van der Waals surface area contributed by atoms with E-state index >= 15 is 0 Å². The predicted molar refractivity (Wildman–Crippen MR) is 105 cm³/mol. The third-order valence-electron chi connectivity index (χ3n) is 4.97. The maximum atomic E-state index is 14.1. The molecule has 144 valence electrons. The third kappa shape index (κ3) is 4.57. The fourth-order valence-corrected chi connectivity index (χ4v) is 3.60. The first-order chi connectivity index (χ1) is 12.8. The molecule has 0 radical (unpaired) electrons. The van der Waals surface area contributed by atoms with Crippen LogP contribution in [0.1, 0.15) is 23.2 Å². The van der Waals surface area contributed by atoms with Crippen molar-refractivity contribution in [2.24, 2.45) is 0 Å².